The minimum absolute atomic E-state index is 0.0438. The molecular formula is C23H12ClF5O3. The number of halogens is 6. The van der Waals surface area contributed by atoms with E-state index in [2.05, 4.69) is 0 Å². The highest BCUT2D eigenvalue weighted by Gasteiger charge is 2.31. The Balaban J connectivity index is 1.61. The fraction of sp³-hybridized carbons (Fsp3) is 0.0870. The number of rotatable bonds is 4. The quantitative estimate of drug-likeness (QED) is 0.189. The Morgan fingerprint density at radius 3 is 2.12 bits per heavy atom. The maximum atomic E-state index is 13.9. The molecule has 1 heterocycles. The van der Waals surface area contributed by atoms with Gasteiger partial charge in [-0.15, -0.1) is 0 Å². The Kier molecular flexibility index (Phi) is 5.64. The second kappa shape index (κ2) is 8.27. The second-order valence-corrected chi connectivity index (χ2v) is 7.33. The van der Waals surface area contributed by atoms with E-state index >= 15 is 0 Å². The standard InChI is InChI=1S/C23H12ClF5O3/c1-10-15(31-9-14-17(25)19(27)21(29)20(28)18(14)26)7-6-13-22(30)16(32-23(10)13)8-11-2-4-12(24)5-3-11/h2-8H,9H2,1H3/b16-8-. The Morgan fingerprint density at radius 2 is 1.50 bits per heavy atom. The Hall–Kier alpha value is -3.39. The minimum atomic E-state index is -2.25. The van der Waals surface area contributed by atoms with Gasteiger partial charge in [0, 0.05) is 10.6 Å². The summed E-state index contributed by atoms with van der Waals surface area (Å²) in [7, 11) is 0. The number of ketones is 1. The van der Waals surface area contributed by atoms with E-state index in [-0.39, 0.29) is 28.6 Å². The van der Waals surface area contributed by atoms with Crippen LogP contribution in [0.1, 0.15) is 27.0 Å². The number of carbonyl (C=O) groups excluding carboxylic acids is 1. The Labute approximate surface area is 183 Å². The molecule has 32 heavy (non-hydrogen) atoms. The van der Waals surface area contributed by atoms with E-state index in [0.717, 1.165) is 0 Å². The first-order chi connectivity index (χ1) is 15.2. The summed E-state index contributed by atoms with van der Waals surface area (Å²) in [6.07, 6.45) is 1.52. The zero-order valence-electron chi connectivity index (χ0n) is 16.2. The van der Waals surface area contributed by atoms with Crippen molar-refractivity contribution in [3.8, 4) is 11.5 Å². The van der Waals surface area contributed by atoms with E-state index < -0.39 is 41.3 Å². The van der Waals surface area contributed by atoms with Gasteiger partial charge in [0.25, 0.3) is 0 Å². The lowest BCUT2D eigenvalue weighted by atomic mass is 10.1. The molecule has 0 amide bonds. The molecule has 0 atom stereocenters. The maximum absolute atomic E-state index is 13.9. The topological polar surface area (TPSA) is 35.5 Å². The first-order valence-corrected chi connectivity index (χ1v) is 9.53. The number of Topliss-reactive ketones (excluding diaryl/α,β-unsaturated/α-hetero) is 1. The Morgan fingerprint density at radius 1 is 0.906 bits per heavy atom. The third kappa shape index (κ3) is 3.71. The Bertz CT molecular complexity index is 1260. The molecular weight excluding hydrogens is 455 g/mol. The van der Waals surface area contributed by atoms with Crippen molar-refractivity contribution < 1.29 is 36.2 Å². The second-order valence-electron chi connectivity index (χ2n) is 6.89. The van der Waals surface area contributed by atoms with Crippen molar-refractivity contribution in [1.82, 2.24) is 0 Å². The zero-order chi connectivity index (χ0) is 23.2. The summed E-state index contributed by atoms with van der Waals surface area (Å²) in [4.78, 5) is 12.6. The molecule has 0 spiro atoms. The summed E-state index contributed by atoms with van der Waals surface area (Å²) in [5.74, 6) is -10.4. The van der Waals surface area contributed by atoms with Gasteiger partial charge >= 0.3 is 0 Å². The van der Waals surface area contributed by atoms with Crippen molar-refractivity contribution in [2.24, 2.45) is 0 Å². The molecule has 4 rings (SSSR count). The highest BCUT2D eigenvalue weighted by molar-refractivity contribution is 6.30. The SMILES string of the molecule is Cc1c(OCc2c(F)c(F)c(F)c(F)c2F)ccc2c1O/C(=C\c1ccc(Cl)cc1)C2=O. The van der Waals surface area contributed by atoms with Gasteiger partial charge < -0.3 is 9.47 Å². The number of allylic oxidation sites excluding steroid dienone is 1. The van der Waals surface area contributed by atoms with Gasteiger partial charge in [-0.25, -0.2) is 22.0 Å². The van der Waals surface area contributed by atoms with Gasteiger partial charge in [0.1, 0.15) is 18.1 Å². The minimum Gasteiger partial charge on any atom is -0.488 e. The van der Waals surface area contributed by atoms with Crippen LogP contribution in [0.4, 0.5) is 22.0 Å². The van der Waals surface area contributed by atoms with Crippen LogP contribution in [0, 0.1) is 36.0 Å². The van der Waals surface area contributed by atoms with Gasteiger partial charge in [-0.05, 0) is 42.8 Å². The third-order valence-electron chi connectivity index (χ3n) is 4.88. The summed E-state index contributed by atoms with van der Waals surface area (Å²) in [6.45, 7) is 0.609. The molecule has 9 heteroatoms. The summed E-state index contributed by atoms with van der Waals surface area (Å²) in [6, 6.07) is 9.43. The van der Waals surface area contributed by atoms with Crippen LogP contribution in [0.2, 0.25) is 5.02 Å². The van der Waals surface area contributed by atoms with Crippen molar-refractivity contribution >= 4 is 23.5 Å². The zero-order valence-corrected chi connectivity index (χ0v) is 17.0. The molecule has 0 fully saturated rings. The molecule has 1 aliphatic heterocycles. The molecule has 0 unspecified atom stereocenters. The van der Waals surface area contributed by atoms with Crippen LogP contribution in [0.25, 0.3) is 6.08 Å². The van der Waals surface area contributed by atoms with Crippen molar-refractivity contribution in [2.45, 2.75) is 13.5 Å². The largest absolute Gasteiger partial charge is 0.488 e. The van der Waals surface area contributed by atoms with Gasteiger partial charge in [0.15, 0.2) is 29.0 Å². The van der Waals surface area contributed by atoms with Crippen LogP contribution >= 0.6 is 11.6 Å². The fourth-order valence-electron chi connectivity index (χ4n) is 3.16. The highest BCUT2D eigenvalue weighted by Crippen LogP contribution is 2.39. The lowest BCUT2D eigenvalue weighted by Gasteiger charge is -2.13. The van der Waals surface area contributed by atoms with Crippen LogP contribution < -0.4 is 9.47 Å². The number of benzene rings is 3. The van der Waals surface area contributed by atoms with Gasteiger partial charge in [-0.2, -0.15) is 0 Å². The van der Waals surface area contributed by atoms with Crippen LogP contribution in [0.3, 0.4) is 0 Å². The molecule has 0 bridgehead atoms. The lowest BCUT2D eigenvalue weighted by Crippen LogP contribution is -2.10. The maximum Gasteiger partial charge on any atom is 0.231 e. The molecule has 164 valence electrons. The molecule has 1 aliphatic rings. The summed E-state index contributed by atoms with van der Waals surface area (Å²) in [5.41, 5.74) is 0.123. The van der Waals surface area contributed by atoms with Crippen LogP contribution in [0.5, 0.6) is 11.5 Å². The predicted molar refractivity (Wildman–Crippen MR) is 106 cm³/mol. The third-order valence-corrected chi connectivity index (χ3v) is 5.13. The molecule has 0 saturated heterocycles. The van der Waals surface area contributed by atoms with Crippen molar-refractivity contribution in [3.63, 3.8) is 0 Å². The van der Waals surface area contributed by atoms with E-state index in [1.54, 1.807) is 24.3 Å². The van der Waals surface area contributed by atoms with Gasteiger partial charge in [-0.1, -0.05) is 23.7 Å². The summed E-state index contributed by atoms with van der Waals surface area (Å²) in [5, 5.41) is 0.528. The highest BCUT2D eigenvalue weighted by atomic mass is 35.5. The molecule has 0 aromatic heterocycles. The fourth-order valence-corrected chi connectivity index (χ4v) is 3.29. The van der Waals surface area contributed by atoms with Crippen LogP contribution in [-0.4, -0.2) is 5.78 Å². The molecule has 0 aliphatic carbocycles. The van der Waals surface area contributed by atoms with E-state index in [1.165, 1.54) is 25.1 Å². The van der Waals surface area contributed by atoms with Gasteiger partial charge in [0.2, 0.25) is 11.6 Å². The lowest BCUT2D eigenvalue weighted by molar-refractivity contribution is 0.101. The number of carbonyl (C=O) groups is 1. The average molecular weight is 467 g/mol. The first kappa shape index (κ1) is 21.8. The van der Waals surface area contributed by atoms with Crippen molar-refractivity contribution in [2.75, 3.05) is 0 Å². The molecule has 3 aromatic carbocycles. The van der Waals surface area contributed by atoms with Crippen molar-refractivity contribution in [3.05, 3.63) is 98.5 Å². The molecule has 0 N–H and O–H groups in total. The molecule has 0 radical (unpaired) electrons. The van der Waals surface area contributed by atoms with E-state index in [0.29, 0.717) is 16.1 Å². The number of hydrogen-bond acceptors (Lipinski definition) is 3. The number of fused-ring (bicyclic) bond motifs is 1. The predicted octanol–water partition coefficient (Wildman–Crippen LogP) is 6.54. The number of hydrogen-bond donors (Lipinski definition) is 0. The monoisotopic (exact) mass is 466 g/mol. The smallest absolute Gasteiger partial charge is 0.231 e. The van der Waals surface area contributed by atoms with E-state index in [9.17, 15) is 26.7 Å². The first-order valence-electron chi connectivity index (χ1n) is 9.15. The van der Waals surface area contributed by atoms with Gasteiger partial charge in [-0.3, -0.25) is 4.79 Å². The molecule has 0 saturated carbocycles. The normalized spacial score (nSPS) is 14.0. The summed E-state index contributed by atoms with van der Waals surface area (Å²) < 4.78 is 78.7. The molecule has 3 aromatic rings. The average Bonchev–Trinajstić information content (AvgIpc) is 3.10. The van der Waals surface area contributed by atoms with Crippen LogP contribution in [0.15, 0.2) is 42.2 Å². The molecule has 3 nitrogen and oxygen atoms in total. The number of ether oxygens (including phenoxy) is 2. The van der Waals surface area contributed by atoms with E-state index in [1.807, 2.05) is 0 Å². The van der Waals surface area contributed by atoms with Gasteiger partial charge in [0.05, 0.1) is 11.1 Å². The summed E-state index contributed by atoms with van der Waals surface area (Å²) >= 11 is 5.85. The van der Waals surface area contributed by atoms with Crippen LogP contribution in [-0.2, 0) is 6.61 Å². The van der Waals surface area contributed by atoms with Crippen molar-refractivity contribution in [1.29, 1.82) is 0 Å². The van der Waals surface area contributed by atoms with E-state index in [4.69, 9.17) is 21.1 Å².